The predicted molar refractivity (Wildman–Crippen MR) is 76.8 cm³/mol. The largest absolute Gasteiger partial charge is 0.327 e. The Balaban J connectivity index is 2.24. The van der Waals surface area contributed by atoms with Gasteiger partial charge in [-0.15, -0.1) is 11.3 Å². The smallest absolute Gasteiger partial charge is 0.0550 e. The lowest BCUT2D eigenvalue weighted by Gasteiger charge is -2.42. The van der Waals surface area contributed by atoms with Crippen molar-refractivity contribution in [3.05, 3.63) is 21.3 Å². The molecular formula is C14H22ClNS. The summed E-state index contributed by atoms with van der Waals surface area (Å²) in [7, 11) is 0. The van der Waals surface area contributed by atoms with Gasteiger partial charge in [-0.2, -0.15) is 0 Å². The van der Waals surface area contributed by atoms with Crippen molar-refractivity contribution in [3.8, 4) is 0 Å². The fourth-order valence-electron chi connectivity index (χ4n) is 3.24. The van der Waals surface area contributed by atoms with E-state index in [0.29, 0.717) is 12.0 Å². The summed E-state index contributed by atoms with van der Waals surface area (Å²) in [6.07, 6.45) is 3.67. The van der Waals surface area contributed by atoms with Crippen molar-refractivity contribution >= 4 is 22.9 Å². The molecule has 0 saturated heterocycles. The van der Waals surface area contributed by atoms with Gasteiger partial charge in [-0.25, -0.2) is 0 Å². The minimum absolute atomic E-state index is 0.102. The molecule has 0 amide bonds. The van der Waals surface area contributed by atoms with Crippen molar-refractivity contribution in [2.45, 2.75) is 51.5 Å². The van der Waals surface area contributed by atoms with Crippen molar-refractivity contribution in [3.63, 3.8) is 0 Å². The quantitative estimate of drug-likeness (QED) is 0.845. The zero-order valence-electron chi connectivity index (χ0n) is 10.9. The highest BCUT2D eigenvalue weighted by atomic mass is 35.5. The molecule has 1 saturated carbocycles. The number of hydrogen-bond donors (Lipinski definition) is 1. The molecule has 3 atom stereocenters. The third-order valence-corrected chi connectivity index (χ3v) is 5.97. The number of thiophene rings is 1. The van der Waals surface area contributed by atoms with Gasteiger partial charge in [0.15, 0.2) is 0 Å². The van der Waals surface area contributed by atoms with E-state index in [4.69, 9.17) is 17.3 Å². The zero-order valence-corrected chi connectivity index (χ0v) is 12.4. The Labute approximate surface area is 113 Å². The van der Waals surface area contributed by atoms with Crippen LogP contribution in [0.3, 0.4) is 0 Å². The molecule has 0 spiro atoms. The summed E-state index contributed by atoms with van der Waals surface area (Å²) in [6.45, 7) is 6.90. The first kappa shape index (κ1) is 13.4. The van der Waals surface area contributed by atoms with Crippen molar-refractivity contribution in [1.82, 2.24) is 0 Å². The van der Waals surface area contributed by atoms with E-state index in [1.807, 2.05) is 6.07 Å². The van der Waals surface area contributed by atoms with Crippen molar-refractivity contribution in [2.24, 2.45) is 17.6 Å². The van der Waals surface area contributed by atoms with Gasteiger partial charge in [-0.1, -0.05) is 38.8 Å². The van der Waals surface area contributed by atoms with E-state index in [1.165, 1.54) is 17.7 Å². The van der Waals surface area contributed by atoms with Gasteiger partial charge >= 0.3 is 0 Å². The molecule has 1 nitrogen and oxygen atoms in total. The first-order chi connectivity index (χ1) is 7.93. The second-order valence-corrected chi connectivity index (χ2v) is 7.33. The summed E-state index contributed by atoms with van der Waals surface area (Å²) in [5.74, 6) is 1.32. The molecule has 0 aliphatic heterocycles. The fourth-order valence-corrected chi connectivity index (χ4v) is 4.73. The standard InChI is InChI=1S/C14H22ClNS/c1-9-4-5-10(12(16)8-9)14(2,3)13-11(15)6-7-17-13/h6-7,9-10,12H,4-5,8,16H2,1-3H3. The highest BCUT2D eigenvalue weighted by Gasteiger charge is 2.39. The second-order valence-electron chi connectivity index (χ2n) is 6.01. The summed E-state index contributed by atoms with van der Waals surface area (Å²) in [5.41, 5.74) is 6.48. The third-order valence-electron chi connectivity index (χ3n) is 4.29. The molecule has 3 heteroatoms. The summed E-state index contributed by atoms with van der Waals surface area (Å²) in [5, 5.41) is 2.99. The van der Waals surface area contributed by atoms with Gasteiger partial charge in [-0.05, 0) is 36.1 Å². The van der Waals surface area contributed by atoms with Crippen molar-refractivity contribution in [1.29, 1.82) is 0 Å². The molecule has 1 heterocycles. The van der Waals surface area contributed by atoms with Crippen molar-refractivity contribution in [2.75, 3.05) is 0 Å². The van der Waals surface area contributed by atoms with Crippen LogP contribution in [0.4, 0.5) is 0 Å². The lowest BCUT2D eigenvalue weighted by Crippen LogP contribution is -2.45. The minimum atomic E-state index is 0.102. The highest BCUT2D eigenvalue weighted by Crippen LogP contribution is 2.45. The van der Waals surface area contributed by atoms with E-state index in [0.717, 1.165) is 17.4 Å². The van der Waals surface area contributed by atoms with E-state index in [1.54, 1.807) is 11.3 Å². The molecule has 0 bridgehead atoms. The Morgan fingerprint density at radius 3 is 2.65 bits per heavy atom. The molecule has 0 aromatic carbocycles. The minimum Gasteiger partial charge on any atom is -0.327 e. The molecule has 2 N–H and O–H groups in total. The number of rotatable bonds is 2. The Bertz CT molecular complexity index is 385. The third kappa shape index (κ3) is 2.54. The van der Waals surface area contributed by atoms with Crippen LogP contribution >= 0.6 is 22.9 Å². The normalized spacial score (nSPS) is 30.5. The molecule has 1 aliphatic rings. The molecule has 1 fully saturated rings. The van der Waals surface area contributed by atoms with Crippen LogP contribution in [-0.4, -0.2) is 6.04 Å². The maximum absolute atomic E-state index is 6.37. The number of hydrogen-bond acceptors (Lipinski definition) is 2. The molecule has 3 unspecified atom stereocenters. The maximum atomic E-state index is 6.37. The van der Waals surface area contributed by atoms with Crippen LogP contribution in [0.1, 0.15) is 44.9 Å². The topological polar surface area (TPSA) is 26.0 Å². The van der Waals surface area contributed by atoms with Crippen molar-refractivity contribution < 1.29 is 0 Å². The molecule has 1 aromatic heterocycles. The van der Waals surface area contributed by atoms with Gasteiger partial charge in [0.05, 0.1) is 5.02 Å². The monoisotopic (exact) mass is 271 g/mol. The van der Waals surface area contributed by atoms with E-state index < -0.39 is 0 Å². The average Bonchev–Trinajstić information content (AvgIpc) is 2.64. The molecule has 1 aromatic rings. The Morgan fingerprint density at radius 2 is 2.12 bits per heavy atom. The number of halogens is 1. The van der Waals surface area contributed by atoms with E-state index in [9.17, 15) is 0 Å². The van der Waals surface area contributed by atoms with Gasteiger partial charge in [0, 0.05) is 16.3 Å². The second kappa shape index (κ2) is 4.91. The molecule has 2 rings (SSSR count). The lowest BCUT2D eigenvalue weighted by atomic mass is 9.66. The summed E-state index contributed by atoms with van der Waals surface area (Å²) >= 11 is 8.05. The maximum Gasteiger partial charge on any atom is 0.0550 e. The fraction of sp³-hybridized carbons (Fsp3) is 0.714. The van der Waals surface area contributed by atoms with Crippen LogP contribution in [0.15, 0.2) is 11.4 Å². The highest BCUT2D eigenvalue weighted by molar-refractivity contribution is 7.10. The number of nitrogens with two attached hydrogens (primary N) is 1. The molecular weight excluding hydrogens is 250 g/mol. The first-order valence-electron chi connectivity index (χ1n) is 6.42. The Morgan fingerprint density at radius 1 is 1.41 bits per heavy atom. The van der Waals surface area contributed by atoms with Crippen LogP contribution < -0.4 is 5.73 Å². The van der Waals surface area contributed by atoms with Gasteiger partial charge in [0.25, 0.3) is 0 Å². The average molecular weight is 272 g/mol. The predicted octanol–water partition coefficient (Wildman–Crippen LogP) is 4.44. The first-order valence-corrected chi connectivity index (χ1v) is 7.67. The van der Waals surface area contributed by atoms with Crippen LogP contribution in [-0.2, 0) is 5.41 Å². The summed E-state index contributed by atoms with van der Waals surface area (Å²) in [4.78, 5) is 1.30. The Hall–Kier alpha value is -0.0500. The van der Waals surface area contributed by atoms with Crippen LogP contribution in [0.2, 0.25) is 5.02 Å². The SMILES string of the molecule is CC1CCC(C(C)(C)c2sccc2Cl)C(N)C1. The van der Waals surface area contributed by atoms with E-state index >= 15 is 0 Å². The Kier molecular flexibility index (Phi) is 3.86. The van der Waals surface area contributed by atoms with Gasteiger partial charge in [0.1, 0.15) is 0 Å². The van der Waals surface area contributed by atoms with Crippen LogP contribution in [0.25, 0.3) is 0 Å². The molecule has 96 valence electrons. The summed E-state index contributed by atoms with van der Waals surface area (Å²) < 4.78 is 0. The van der Waals surface area contributed by atoms with Gasteiger partial charge < -0.3 is 5.73 Å². The molecule has 0 radical (unpaired) electrons. The zero-order chi connectivity index (χ0) is 12.6. The molecule has 1 aliphatic carbocycles. The molecule has 17 heavy (non-hydrogen) atoms. The van der Waals surface area contributed by atoms with Gasteiger partial charge in [-0.3, -0.25) is 0 Å². The van der Waals surface area contributed by atoms with E-state index in [-0.39, 0.29) is 5.41 Å². The van der Waals surface area contributed by atoms with Crippen LogP contribution in [0.5, 0.6) is 0 Å². The van der Waals surface area contributed by atoms with Crippen LogP contribution in [0, 0.1) is 11.8 Å². The summed E-state index contributed by atoms with van der Waals surface area (Å²) in [6, 6.07) is 2.31. The lowest BCUT2D eigenvalue weighted by molar-refractivity contribution is 0.173. The van der Waals surface area contributed by atoms with E-state index in [2.05, 4.69) is 26.2 Å². The van der Waals surface area contributed by atoms with Gasteiger partial charge in [0.2, 0.25) is 0 Å².